The van der Waals surface area contributed by atoms with Crippen LogP contribution >= 0.6 is 0 Å². The Morgan fingerprint density at radius 2 is 1.76 bits per heavy atom. The van der Waals surface area contributed by atoms with Crippen molar-refractivity contribution in [2.24, 2.45) is 5.92 Å². The largest absolute Gasteiger partial charge is 0.493 e. The first-order valence-corrected chi connectivity index (χ1v) is 14.6. The molecule has 1 N–H and O–H groups in total. The lowest BCUT2D eigenvalue weighted by Crippen LogP contribution is -2.32. The van der Waals surface area contributed by atoms with E-state index in [1.165, 1.54) is 19.2 Å². The predicted molar refractivity (Wildman–Crippen MR) is 158 cm³/mol. The molecule has 8 nitrogen and oxygen atoms in total. The van der Waals surface area contributed by atoms with Gasteiger partial charge in [-0.15, -0.1) is 0 Å². The maximum Gasteiger partial charge on any atom is 0.337 e. The summed E-state index contributed by atoms with van der Waals surface area (Å²) >= 11 is 0. The van der Waals surface area contributed by atoms with Gasteiger partial charge in [0, 0.05) is 18.6 Å². The monoisotopic (exact) mass is 573 g/mol. The van der Waals surface area contributed by atoms with Gasteiger partial charge >= 0.3 is 5.97 Å². The molecular formula is C33H36FN3O5. The highest BCUT2D eigenvalue weighted by Crippen LogP contribution is 2.43. The first-order chi connectivity index (χ1) is 20.5. The van der Waals surface area contributed by atoms with E-state index in [1.54, 1.807) is 30.3 Å². The van der Waals surface area contributed by atoms with E-state index < -0.39 is 5.97 Å². The lowest BCUT2D eigenvalue weighted by molar-refractivity contribution is 0.0600. The number of fused-ring (bicyclic) bond motifs is 2. The quantitative estimate of drug-likeness (QED) is 0.210. The number of carbonyl (C=O) groups excluding carboxylic acids is 1. The molecule has 0 radical (unpaired) electrons. The van der Waals surface area contributed by atoms with E-state index in [1.807, 2.05) is 13.8 Å². The Balaban J connectivity index is 1.18. The van der Waals surface area contributed by atoms with Gasteiger partial charge in [-0.25, -0.2) is 9.18 Å². The third-order valence-electron chi connectivity index (χ3n) is 8.37. The number of aromatic nitrogens is 1. The van der Waals surface area contributed by atoms with Gasteiger partial charge in [-0.3, -0.25) is 4.90 Å². The topological polar surface area (TPSA) is 86.1 Å². The van der Waals surface area contributed by atoms with Gasteiger partial charge in [0.05, 0.1) is 31.5 Å². The van der Waals surface area contributed by atoms with Crippen molar-refractivity contribution in [1.29, 1.82) is 0 Å². The highest BCUT2D eigenvalue weighted by Gasteiger charge is 2.44. The molecule has 4 aromatic rings. The molecule has 1 aliphatic heterocycles. The highest BCUT2D eigenvalue weighted by atomic mass is 19.1. The van der Waals surface area contributed by atoms with Crippen molar-refractivity contribution in [1.82, 2.24) is 9.88 Å². The molecule has 3 atom stereocenters. The molecule has 0 spiro atoms. The van der Waals surface area contributed by atoms with Crippen LogP contribution in [0.1, 0.15) is 49.0 Å². The molecule has 1 aliphatic carbocycles. The van der Waals surface area contributed by atoms with Crippen LogP contribution in [0.2, 0.25) is 0 Å². The van der Waals surface area contributed by atoms with Crippen molar-refractivity contribution in [3.63, 3.8) is 0 Å². The van der Waals surface area contributed by atoms with Crippen LogP contribution in [0.25, 0.3) is 22.2 Å². The number of carbonyl (C=O) groups is 1. The second-order valence-electron chi connectivity index (χ2n) is 10.9. The number of benzene rings is 3. The van der Waals surface area contributed by atoms with E-state index in [0.29, 0.717) is 47.9 Å². The fraction of sp³-hybridized carbons (Fsp3) is 0.394. The smallest absolute Gasteiger partial charge is 0.337 e. The van der Waals surface area contributed by atoms with Crippen LogP contribution in [0, 0.1) is 11.7 Å². The SMILES string of the molecule is CCOc1cc(CN2CC[C@H]3C(Nc4nc5ccc(C(=O)OC)cc5o4)CC[C@H]32)cc(OCC)c1-c1ccc(F)cc1. The number of likely N-dealkylation sites (tertiary alicyclic amines) is 1. The summed E-state index contributed by atoms with van der Waals surface area (Å²) in [5, 5.41) is 3.54. The standard InChI is InChI=1S/C33H36FN3O5/c1-4-40-29-16-20(17-30(41-5-2)31(29)21-6-9-23(34)10-7-21)19-37-15-14-24-25(12-13-27(24)37)35-33-36-26-11-8-22(32(38)39-3)18-28(26)42-33/h6-11,16-18,24-25,27H,4-5,12-15,19H2,1-3H3,(H,35,36)/t24-,25?,27+/m0/s1. The van der Waals surface area contributed by atoms with Crippen LogP contribution < -0.4 is 14.8 Å². The van der Waals surface area contributed by atoms with Crippen molar-refractivity contribution in [3.8, 4) is 22.6 Å². The minimum Gasteiger partial charge on any atom is -0.493 e. The summed E-state index contributed by atoms with van der Waals surface area (Å²) in [6, 6.07) is 17.0. The van der Waals surface area contributed by atoms with Crippen LogP contribution in [-0.4, -0.2) is 54.8 Å². The van der Waals surface area contributed by atoms with Gasteiger partial charge < -0.3 is 23.9 Å². The highest BCUT2D eigenvalue weighted by molar-refractivity contribution is 5.93. The minimum atomic E-state index is -0.403. The Morgan fingerprint density at radius 3 is 2.45 bits per heavy atom. The average Bonchev–Trinajstić information content (AvgIpc) is 3.70. The van der Waals surface area contributed by atoms with Crippen molar-refractivity contribution in [2.75, 3.05) is 32.2 Å². The third-order valence-corrected chi connectivity index (χ3v) is 8.37. The number of oxazole rings is 1. The van der Waals surface area contributed by atoms with Crippen LogP contribution in [0.15, 0.2) is 59.0 Å². The fourth-order valence-corrected chi connectivity index (χ4v) is 6.55. The van der Waals surface area contributed by atoms with Gasteiger partial charge in [-0.05, 0) is 99.2 Å². The lowest BCUT2D eigenvalue weighted by Gasteiger charge is -2.25. The van der Waals surface area contributed by atoms with Crippen molar-refractivity contribution in [2.45, 2.75) is 51.7 Å². The molecular weight excluding hydrogens is 537 g/mol. The summed E-state index contributed by atoms with van der Waals surface area (Å²) in [7, 11) is 1.36. The molecule has 1 saturated heterocycles. The first kappa shape index (κ1) is 28.0. The number of hydrogen-bond acceptors (Lipinski definition) is 8. The maximum atomic E-state index is 13.7. The normalized spacial score (nSPS) is 20.0. The molecule has 0 amide bonds. The summed E-state index contributed by atoms with van der Waals surface area (Å²) in [6.45, 7) is 6.75. The molecule has 0 bridgehead atoms. The van der Waals surface area contributed by atoms with Gasteiger partial charge in [-0.1, -0.05) is 12.1 Å². The van der Waals surface area contributed by atoms with Crippen molar-refractivity contribution in [3.05, 3.63) is 71.5 Å². The summed E-state index contributed by atoms with van der Waals surface area (Å²) < 4.78 is 36.6. The van der Waals surface area contributed by atoms with E-state index in [0.717, 1.165) is 60.5 Å². The van der Waals surface area contributed by atoms with Gasteiger partial charge in [0.2, 0.25) is 0 Å². The van der Waals surface area contributed by atoms with Gasteiger partial charge in [0.25, 0.3) is 6.01 Å². The Labute approximate surface area is 244 Å². The predicted octanol–water partition coefficient (Wildman–Crippen LogP) is 6.68. The van der Waals surface area contributed by atoms with Gasteiger partial charge in [0.1, 0.15) is 22.8 Å². The van der Waals surface area contributed by atoms with E-state index in [9.17, 15) is 9.18 Å². The van der Waals surface area contributed by atoms with Crippen LogP contribution in [-0.2, 0) is 11.3 Å². The molecule has 1 saturated carbocycles. The number of ether oxygens (including phenoxy) is 3. The first-order valence-electron chi connectivity index (χ1n) is 14.6. The molecule has 42 heavy (non-hydrogen) atoms. The molecule has 9 heteroatoms. The van der Waals surface area contributed by atoms with Crippen LogP contribution in [0.4, 0.5) is 10.4 Å². The van der Waals surface area contributed by atoms with E-state index in [-0.39, 0.29) is 11.9 Å². The molecule has 3 aromatic carbocycles. The maximum absolute atomic E-state index is 13.7. The third kappa shape index (κ3) is 5.53. The van der Waals surface area contributed by atoms with Crippen molar-refractivity contribution >= 4 is 23.1 Å². The Kier molecular flexibility index (Phi) is 8.02. The number of methoxy groups -OCH3 is 1. The zero-order valence-corrected chi connectivity index (χ0v) is 24.2. The summed E-state index contributed by atoms with van der Waals surface area (Å²) in [5.41, 5.74) is 4.54. The van der Waals surface area contributed by atoms with Gasteiger partial charge in [-0.2, -0.15) is 4.98 Å². The number of rotatable bonds is 10. The zero-order chi connectivity index (χ0) is 29.2. The number of nitrogens with zero attached hydrogens (tertiary/aromatic N) is 2. The van der Waals surface area contributed by atoms with Crippen LogP contribution in [0.3, 0.4) is 0 Å². The fourth-order valence-electron chi connectivity index (χ4n) is 6.55. The van der Waals surface area contributed by atoms with Gasteiger partial charge in [0.15, 0.2) is 5.58 Å². The summed E-state index contributed by atoms with van der Waals surface area (Å²) in [4.78, 5) is 19.1. The molecule has 2 aliphatic rings. The lowest BCUT2D eigenvalue weighted by atomic mass is 9.99. The number of esters is 1. The zero-order valence-electron chi connectivity index (χ0n) is 24.2. The number of anilines is 1. The Morgan fingerprint density at radius 1 is 1.02 bits per heavy atom. The van der Waals surface area contributed by atoms with Crippen LogP contribution in [0.5, 0.6) is 11.5 Å². The van der Waals surface area contributed by atoms with E-state index in [4.69, 9.17) is 18.6 Å². The summed E-state index contributed by atoms with van der Waals surface area (Å²) in [6.07, 6.45) is 3.19. The van der Waals surface area contributed by atoms with E-state index >= 15 is 0 Å². The number of halogens is 1. The summed E-state index contributed by atoms with van der Waals surface area (Å²) in [5.74, 6) is 1.29. The molecule has 2 heterocycles. The Bertz CT molecular complexity index is 1540. The molecule has 2 fully saturated rings. The second kappa shape index (κ2) is 12.0. The molecule has 220 valence electrons. The number of hydrogen-bond donors (Lipinski definition) is 1. The van der Waals surface area contributed by atoms with E-state index in [2.05, 4.69) is 27.3 Å². The minimum absolute atomic E-state index is 0.256. The van der Waals surface area contributed by atoms with Crippen molar-refractivity contribution < 1.29 is 27.8 Å². The molecule has 1 aromatic heterocycles. The number of nitrogens with one attached hydrogen (secondary N) is 1. The second-order valence-corrected chi connectivity index (χ2v) is 10.9. The molecule has 6 rings (SSSR count). The Hall–Kier alpha value is -4.11. The molecule has 1 unspecified atom stereocenters. The average molecular weight is 574 g/mol.